The highest BCUT2D eigenvalue weighted by atomic mass is 35.5. The zero-order valence-electron chi connectivity index (χ0n) is 8.94. The van der Waals surface area contributed by atoms with E-state index < -0.39 is 17.8 Å². The van der Waals surface area contributed by atoms with E-state index in [9.17, 15) is 13.2 Å². The number of rotatable bonds is 1. The van der Waals surface area contributed by atoms with E-state index in [4.69, 9.17) is 11.6 Å². The molecule has 1 heterocycles. The van der Waals surface area contributed by atoms with Gasteiger partial charge in [0, 0.05) is 36.3 Å². The molecule has 1 fully saturated rings. The topological polar surface area (TPSA) is 24.1 Å². The predicted octanol–water partition coefficient (Wildman–Crippen LogP) is 2.59. The van der Waals surface area contributed by atoms with Gasteiger partial charge in [0.2, 0.25) is 0 Å². The van der Waals surface area contributed by atoms with E-state index >= 15 is 0 Å². The fourth-order valence-electron chi connectivity index (χ4n) is 2.00. The maximum Gasteiger partial charge on any atom is 0.416 e. The van der Waals surface area contributed by atoms with Crippen molar-refractivity contribution in [2.24, 2.45) is 0 Å². The van der Waals surface area contributed by atoms with E-state index in [1.54, 1.807) is 0 Å². The van der Waals surface area contributed by atoms with Gasteiger partial charge in [-0.3, -0.25) is 0 Å². The van der Waals surface area contributed by atoms with E-state index in [-0.39, 0.29) is 10.6 Å². The lowest BCUT2D eigenvalue weighted by Gasteiger charge is -2.28. The van der Waals surface area contributed by atoms with Crippen LogP contribution in [0.1, 0.15) is 17.2 Å². The summed E-state index contributed by atoms with van der Waals surface area (Å²) >= 11 is 5.90. The predicted molar refractivity (Wildman–Crippen MR) is 60.1 cm³/mol. The molecule has 0 aromatic heterocycles. The van der Waals surface area contributed by atoms with Gasteiger partial charge in [0.15, 0.2) is 0 Å². The highest BCUT2D eigenvalue weighted by molar-refractivity contribution is 6.31. The second-order valence-electron chi connectivity index (χ2n) is 3.91. The molecule has 1 aromatic carbocycles. The van der Waals surface area contributed by atoms with Crippen LogP contribution in [0.4, 0.5) is 13.2 Å². The Hall–Kier alpha value is -0.780. The van der Waals surface area contributed by atoms with Crippen molar-refractivity contribution in [3.8, 4) is 0 Å². The van der Waals surface area contributed by atoms with Gasteiger partial charge in [0.1, 0.15) is 0 Å². The molecule has 2 rings (SSSR count). The second-order valence-corrected chi connectivity index (χ2v) is 4.32. The summed E-state index contributed by atoms with van der Waals surface area (Å²) in [5.74, 6) is 0. The van der Waals surface area contributed by atoms with Crippen LogP contribution in [0.5, 0.6) is 0 Å². The van der Waals surface area contributed by atoms with E-state index in [0.29, 0.717) is 13.1 Å². The lowest BCUT2D eigenvalue weighted by atomic mass is 9.98. The van der Waals surface area contributed by atoms with Gasteiger partial charge in [0.05, 0.1) is 5.56 Å². The van der Waals surface area contributed by atoms with Gasteiger partial charge >= 0.3 is 6.18 Å². The number of alkyl halides is 3. The molecule has 17 heavy (non-hydrogen) atoms. The fraction of sp³-hybridized carbons (Fsp3) is 0.455. The largest absolute Gasteiger partial charge is 0.416 e. The molecule has 1 atom stereocenters. The molecule has 2 nitrogen and oxygen atoms in total. The number of hydrogen-bond acceptors (Lipinski definition) is 2. The van der Waals surface area contributed by atoms with Crippen LogP contribution in [0.3, 0.4) is 0 Å². The smallest absolute Gasteiger partial charge is 0.314 e. The second kappa shape index (κ2) is 4.84. The Morgan fingerprint density at radius 3 is 2.59 bits per heavy atom. The first kappa shape index (κ1) is 12.7. The number of halogens is 4. The van der Waals surface area contributed by atoms with Crippen LogP contribution in [-0.2, 0) is 6.18 Å². The van der Waals surface area contributed by atoms with Gasteiger partial charge in [-0.05, 0) is 12.1 Å². The van der Waals surface area contributed by atoms with Gasteiger partial charge in [0.25, 0.3) is 0 Å². The molecule has 0 aliphatic carbocycles. The van der Waals surface area contributed by atoms with E-state index in [0.717, 1.165) is 12.6 Å². The SMILES string of the molecule is FC(F)(F)c1cccc(Cl)c1[C@@H]1CNCCN1. The number of nitrogens with one attached hydrogen (secondary N) is 2. The van der Waals surface area contributed by atoms with Crippen LogP contribution in [0.15, 0.2) is 18.2 Å². The fourth-order valence-corrected chi connectivity index (χ4v) is 2.30. The quantitative estimate of drug-likeness (QED) is 0.815. The lowest BCUT2D eigenvalue weighted by Crippen LogP contribution is -2.43. The van der Waals surface area contributed by atoms with E-state index in [1.807, 2.05) is 0 Å². The Bertz CT molecular complexity index is 400. The van der Waals surface area contributed by atoms with Crippen molar-refractivity contribution in [2.45, 2.75) is 12.2 Å². The summed E-state index contributed by atoms with van der Waals surface area (Å²) in [7, 11) is 0. The summed E-state index contributed by atoms with van der Waals surface area (Å²) in [4.78, 5) is 0. The third kappa shape index (κ3) is 2.73. The average molecular weight is 265 g/mol. The molecule has 1 aliphatic rings. The summed E-state index contributed by atoms with van der Waals surface area (Å²) < 4.78 is 38.6. The molecule has 2 N–H and O–H groups in total. The van der Waals surface area contributed by atoms with Gasteiger partial charge in [-0.2, -0.15) is 13.2 Å². The first-order valence-electron chi connectivity index (χ1n) is 5.30. The van der Waals surface area contributed by atoms with Gasteiger partial charge in [-0.25, -0.2) is 0 Å². The lowest BCUT2D eigenvalue weighted by molar-refractivity contribution is -0.138. The monoisotopic (exact) mass is 264 g/mol. The average Bonchev–Trinajstić information content (AvgIpc) is 2.28. The van der Waals surface area contributed by atoms with Crippen LogP contribution in [0.25, 0.3) is 0 Å². The van der Waals surface area contributed by atoms with Crippen molar-refractivity contribution >= 4 is 11.6 Å². The van der Waals surface area contributed by atoms with Crippen molar-refractivity contribution in [3.63, 3.8) is 0 Å². The first-order valence-corrected chi connectivity index (χ1v) is 5.67. The normalized spacial score (nSPS) is 21.5. The Balaban J connectivity index is 2.43. The highest BCUT2D eigenvalue weighted by Crippen LogP contribution is 2.38. The number of benzene rings is 1. The van der Waals surface area contributed by atoms with Crippen molar-refractivity contribution < 1.29 is 13.2 Å². The van der Waals surface area contributed by atoms with Crippen LogP contribution in [0.2, 0.25) is 5.02 Å². The molecule has 0 unspecified atom stereocenters. The molecule has 0 saturated carbocycles. The molecule has 0 spiro atoms. The molecule has 0 amide bonds. The van der Waals surface area contributed by atoms with E-state index in [2.05, 4.69) is 10.6 Å². The maximum absolute atomic E-state index is 12.9. The van der Waals surface area contributed by atoms with Crippen LogP contribution < -0.4 is 10.6 Å². The van der Waals surface area contributed by atoms with E-state index in [1.165, 1.54) is 12.1 Å². The van der Waals surface area contributed by atoms with Crippen LogP contribution >= 0.6 is 11.6 Å². The minimum Gasteiger partial charge on any atom is -0.314 e. The molecular weight excluding hydrogens is 253 g/mol. The van der Waals surface area contributed by atoms with Crippen molar-refractivity contribution in [2.75, 3.05) is 19.6 Å². The van der Waals surface area contributed by atoms with Crippen molar-refractivity contribution in [1.29, 1.82) is 0 Å². The standard InChI is InChI=1S/C11H12ClF3N2/c12-8-3-1-2-7(11(13,14)15)10(8)9-6-16-4-5-17-9/h1-3,9,16-17H,4-6H2/t9-/m0/s1. The third-order valence-electron chi connectivity index (χ3n) is 2.75. The zero-order chi connectivity index (χ0) is 12.5. The summed E-state index contributed by atoms with van der Waals surface area (Å²) in [6, 6.07) is 3.49. The molecule has 0 bridgehead atoms. The summed E-state index contributed by atoms with van der Waals surface area (Å²) in [6.07, 6.45) is -4.38. The van der Waals surface area contributed by atoms with Crippen LogP contribution in [0, 0.1) is 0 Å². The zero-order valence-corrected chi connectivity index (χ0v) is 9.70. The molecule has 1 aromatic rings. The molecular formula is C11H12ClF3N2. The minimum atomic E-state index is -4.38. The van der Waals surface area contributed by atoms with Gasteiger partial charge in [-0.15, -0.1) is 0 Å². The highest BCUT2D eigenvalue weighted by Gasteiger charge is 2.36. The molecule has 1 saturated heterocycles. The van der Waals surface area contributed by atoms with Gasteiger partial charge < -0.3 is 10.6 Å². The molecule has 1 aliphatic heterocycles. The summed E-state index contributed by atoms with van der Waals surface area (Å²) in [5, 5.41) is 6.25. The number of piperazine rings is 1. The molecule has 0 radical (unpaired) electrons. The Kier molecular flexibility index (Phi) is 3.61. The minimum absolute atomic E-state index is 0.133. The van der Waals surface area contributed by atoms with Crippen molar-refractivity contribution in [3.05, 3.63) is 34.3 Å². The molecule has 6 heteroatoms. The summed E-state index contributed by atoms with van der Waals surface area (Å²) in [6.45, 7) is 1.84. The Morgan fingerprint density at radius 2 is 2.00 bits per heavy atom. The van der Waals surface area contributed by atoms with Gasteiger partial charge in [-0.1, -0.05) is 17.7 Å². The Labute approximate surface area is 102 Å². The maximum atomic E-state index is 12.9. The Morgan fingerprint density at radius 1 is 1.24 bits per heavy atom. The van der Waals surface area contributed by atoms with Crippen LogP contribution in [-0.4, -0.2) is 19.6 Å². The first-order chi connectivity index (χ1) is 8.00. The van der Waals surface area contributed by atoms with Crippen molar-refractivity contribution in [1.82, 2.24) is 10.6 Å². The third-order valence-corrected chi connectivity index (χ3v) is 3.08. The number of hydrogen-bond donors (Lipinski definition) is 2. The molecule has 94 valence electrons. The summed E-state index contributed by atoms with van der Waals surface area (Å²) in [5.41, 5.74) is -0.528.